The molecule has 0 bridgehead atoms. The molecule has 4 heteroatoms. The topological polar surface area (TPSA) is 63.6 Å². The van der Waals surface area contributed by atoms with Gasteiger partial charge in [0.25, 0.3) is 0 Å². The first-order valence-electron chi connectivity index (χ1n) is 6.70. The Morgan fingerprint density at radius 2 is 1.95 bits per heavy atom. The fourth-order valence-corrected chi connectivity index (χ4v) is 3.95. The van der Waals surface area contributed by atoms with Crippen LogP contribution in [-0.4, -0.2) is 29.1 Å². The smallest absolute Gasteiger partial charge is 0.334 e. The average molecular weight is 262 g/mol. The second kappa shape index (κ2) is 4.04. The number of carbonyl (C=O) groups is 2. The molecule has 2 saturated carbocycles. The molecule has 4 nitrogen and oxygen atoms in total. The van der Waals surface area contributed by atoms with Gasteiger partial charge < -0.3 is 9.84 Å². The van der Waals surface area contributed by atoms with Crippen molar-refractivity contribution in [1.29, 1.82) is 0 Å². The molecule has 3 fully saturated rings. The number of carbonyl (C=O) groups excluding carboxylic acids is 2. The van der Waals surface area contributed by atoms with Gasteiger partial charge in [0.05, 0.1) is 12.0 Å². The Kier molecular flexibility index (Phi) is 2.68. The Labute approximate surface area is 112 Å². The minimum atomic E-state index is -0.690. The van der Waals surface area contributed by atoms with E-state index in [0.717, 1.165) is 5.57 Å². The molecule has 0 unspecified atom stereocenters. The Bertz CT molecular complexity index is 492. The van der Waals surface area contributed by atoms with Crippen LogP contribution in [0.25, 0.3) is 0 Å². The van der Waals surface area contributed by atoms with Gasteiger partial charge in [-0.05, 0) is 12.3 Å². The monoisotopic (exact) mass is 262 g/mol. The number of aliphatic hydroxyl groups excluding tert-OH is 1. The van der Waals surface area contributed by atoms with E-state index >= 15 is 0 Å². The highest BCUT2D eigenvalue weighted by molar-refractivity contribution is 5.91. The van der Waals surface area contributed by atoms with Gasteiger partial charge in [0.2, 0.25) is 0 Å². The third-order valence-electron chi connectivity index (χ3n) is 5.02. The highest BCUT2D eigenvalue weighted by Crippen LogP contribution is 2.51. The third kappa shape index (κ3) is 1.62. The molecule has 0 radical (unpaired) electrons. The predicted octanol–water partition coefficient (Wildman–Crippen LogP) is 1.25. The molecule has 3 aliphatic rings. The molecule has 0 spiro atoms. The summed E-state index contributed by atoms with van der Waals surface area (Å²) in [6.07, 6.45) is -0.257. The van der Waals surface area contributed by atoms with Crippen molar-refractivity contribution in [2.45, 2.75) is 32.0 Å². The minimum absolute atomic E-state index is 0.0193. The average Bonchev–Trinajstić information content (AvgIpc) is 2.75. The first kappa shape index (κ1) is 12.6. The standard InChI is InChI=1S/C15H18O4/c1-6-4-11(17)13-8(3)15(18)19-14(13)12-7(2)10(16)5-9(6)12/h7,9,11-14,17H,1,3-5H2,2H3/t7-,9-,11-,12+,13+,14+/m0/s1. The Hall–Kier alpha value is -1.42. The number of fused-ring (bicyclic) bond motifs is 3. The lowest BCUT2D eigenvalue weighted by Crippen LogP contribution is -2.35. The van der Waals surface area contributed by atoms with Crippen molar-refractivity contribution >= 4 is 11.8 Å². The van der Waals surface area contributed by atoms with Crippen LogP contribution in [0.15, 0.2) is 24.3 Å². The molecule has 3 rings (SSSR count). The van der Waals surface area contributed by atoms with E-state index in [1.165, 1.54) is 0 Å². The molecule has 6 atom stereocenters. The van der Waals surface area contributed by atoms with Gasteiger partial charge >= 0.3 is 5.97 Å². The van der Waals surface area contributed by atoms with Gasteiger partial charge in [-0.1, -0.05) is 25.7 Å². The predicted molar refractivity (Wildman–Crippen MR) is 68.0 cm³/mol. The van der Waals surface area contributed by atoms with Crippen LogP contribution in [0.4, 0.5) is 0 Å². The highest BCUT2D eigenvalue weighted by Gasteiger charge is 2.56. The van der Waals surface area contributed by atoms with Crippen LogP contribution >= 0.6 is 0 Å². The highest BCUT2D eigenvalue weighted by atomic mass is 16.6. The zero-order chi connectivity index (χ0) is 13.9. The fourth-order valence-electron chi connectivity index (χ4n) is 3.95. The van der Waals surface area contributed by atoms with Crippen molar-refractivity contribution in [3.05, 3.63) is 24.3 Å². The lowest BCUT2D eigenvalue weighted by Gasteiger charge is -2.28. The van der Waals surface area contributed by atoms with Crippen LogP contribution in [0.2, 0.25) is 0 Å². The zero-order valence-corrected chi connectivity index (χ0v) is 11.0. The van der Waals surface area contributed by atoms with Crippen LogP contribution in [0.3, 0.4) is 0 Å². The maximum absolute atomic E-state index is 12.0. The quantitative estimate of drug-likeness (QED) is 0.405. The van der Waals surface area contributed by atoms with E-state index < -0.39 is 24.1 Å². The van der Waals surface area contributed by atoms with Crippen molar-refractivity contribution in [1.82, 2.24) is 0 Å². The van der Waals surface area contributed by atoms with E-state index in [4.69, 9.17) is 4.74 Å². The van der Waals surface area contributed by atoms with Crippen LogP contribution in [0, 0.1) is 23.7 Å². The van der Waals surface area contributed by atoms with Crippen LogP contribution in [0.5, 0.6) is 0 Å². The molecule has 1 aliphatic heterocycles. The summed E-state index contributed by atoms with van der Waals surface area (Å²) in [6.45, 7) is 9.65. The molecule has 0 aromatic heterocycles. The van der Waals surface area contributed by atoms with E-state index in [2.05, 4.69) is 13.2 Å². The normalized spacial score (nSPS) is 45.8. The van der Waals surface area contributed by atoms with Crippen molar-refractivity contribution in [2.75, 3.05) is 0 Å². The molecule has 0 amide bonds. The molecule has 102 valence electrons. The van der Waals surface area contributed by atoms with Gasteiger partial charge in [-0.25, -0.2) is 4.79 Å². The lowest BCUT2D eigenvalue weighted by atomic mass is 9.79. The van der Waals surface area contributed by atoms with Crippen LogP contribution < -0.4 is 0 Å². The summed E-state index contributed by atoms with van der Waals surface area (Å²) in [6, 6.07) is 0. The lowest BCUT2D eigenvalue weighted by molar-refractivity contribution is -0.143. The van der Waals surface area contributed by atoms with E-state index in [1.54, 1.807) is 0 Å². The number of Topliss-reactive ketones (excluding diaryl/α,β-unsaturated/α-hetero) is 1. The van der Waals surface area contributed by atoms with Crippen LogP contribution in [0.1, 0.15) is 19.8 Å². The molecular formula is C15H18O4. The number of hydrogen-bond acceptors (Lipinski definition) is 4. The summed E-state index contributed by atoms with van der Waals surface area (Å²) in [4.78, 5) is 23.7. The Balaban J connectivity index is 2.05. The van der Waals surface area contributed by atoms with E-state index in [-0.39, 0.29) is 23.5 Å². The van der Waals surface area contributed by atoms with Crippen molar-refractivity contribution in [3.63, 3.8) is 0 Å². The molecule has 0 aromatic rings. The first-order chi connectivity index (χ1) is 8.91. The molecular weight excluding hydrogens is 244 g/mol. The van der Waals surface area contributed by atoms with Crippen molar-refractivity contribution < 1.29 is 19.4 Å². The largest absolute Gasteiger partial charge is 0.458 e. The van der Waals surface area contributed by atoms with Gasteiger partial charge in [0, 0.05) is 23.8 Å². The molecule has 19 heavy (non-hydrogen) atoms. The van der Waals surface area contributed by atoms with Gasteiger partial charge in [0.15, 0.2) is 0 Å². The van der Waals surface area contributed by atoms with Crippen molar-refractivity contribution in [2.24, 2.45) is 23.7 Å². The second-order valence-corrected chi connectivity index (χ2v) is 5.99. The van der Waals surface area contributed by atoms with Gasteiger partial charge in [-0.3, -0.25) is 4.79 Å². The number of ketones is 1. The molecule has 1 heterocycles. The van der Waals surface area contributed by atoms with Crippen LogP contribution in [-0.2, 0) is 14.3 Å². The van der Waals surface area contributed by atoms with Gasteiger partial charge in [0.1, 0.15) is 11.9 Å². The van der Waals surface area contributed by atoms with E-state index in [0.29, 0.717) is 18.4 Å². The minimum Gasteiger partial charge on any atom is -0.458 e. The summed E-state index contributed by atoms with van der Waals surface area (Å²) in [5.74, 6) is -0.839. The molecule has 2 aliphatic carbocycles. The fraction of sp³-hybridized carbons (Fsp3) is 0.600. The van der Waals surface area contributed by atoms with E-state index in [9.17, 15) is 14.7 Å². The number of hydrogen-bond donors (Lipinski definition) is 1. The SMILES string of the molecule is C=C1C(=O)O[C@H]2[C@H]1[C@@H](O)CC(=C)[C@@H]1CC(=O)[C@H](C)[C@@H]21. The number of esters is 1. The molecule has 0 aromatic carbocycles. The molecule has 1 saturated heterocycles. The Morgan fingerprint density at radius 1 is 1.26 bits per heavy atom. The molecule has 1 N–H and O–H groups in total. The van der Waals surface area contributed by atoms with Gasteiger partial charge in [-0.2, -0.15) is 0 Å². The summed E-state index contributed by atoms with van der Waals surface area (Å²) in [5.41, 5.74) is 1.23. The number of rotatable bonds is 0. The number of ether oxygens (including phenoxy) is 1. The second-order valence-electron chi connectivity index (χ2n) is 5.99. The summed E-state index contributed by atoms with van der Waals surface area (Å²) >= 11 is 0. The number of aliphatic hydroxyl groups is 1. The van der Waals surface area contributed by atoms with E-state index in [1.807, 2.05) is 6.92 Å². The summed E-state index contributed by atoms with van der Waals surface area (Å²) in [5, 5.41) is 10.3. The third-order valence-corrected chi connectivity index (χ3v) is 5.02. The Morgan fingerprint density at radius 3 is 2.63 bits per heavy atom. The summed E-state index contributed by atoms with van der Waals surface area (Å²) < 4.78 is 5.42. The maximum atomic E-state index is 12.0. The maximum Gasteiger partial charge on any atom is 0.334 e. The summed E-state index contributed by atoms with van der Waals surface area (Å²) in [7, 11) is 0. The van der Waals surface area contributed by atoms with Gasteiger partial charge in [-0.15, -0.1) is 0 Å². The van der Waals surface area contributed by atoms with Crippen molar-refractivity contribution in [3.8, 4) is 0 Å². The first-order valence-corrected chi connectivity index (χ1v) is 6.70. The zero-order valence-electron chi connectivity index (χ0n) is 11.0.